The molecule has 0 unspecified atom stereocenters. The molecule has 0 saturated heterocycles. The monoisotopic (exact) mass is 249 g/mol. The van der Waals surface area contributed by atoms with Gasteiger partial charge in [-0.25, -0.2) is 0 Å². The van der Waals surface area contributed by atoms with Crippen LogP contribution in [0.1, 0.15) is 17.3 Å². The maximum Gasteiger partial charge on any atom is 0.264 e. The topological polar surface area (TPSA) is 71.9 Å². The van der Waals surface area contributed by atoms with E-state index in [2.05, 4.69) is 10.1 Å². The molecule has 0 amide bonds. The van der Waals surface area contributed by atoms with Crippen LogP contribution in [0, 0.1) is 18.3 Å². The van der Waals surface area contributed by atoms with Gasteiger partial charge in [-0.1, -0.05) is 22.8 Å². The summed E-state index contributed by atoms with van der Waals surface area (Å²) < 4.78 is 10.3. The minimum absolute atomic E-state index is 0.107. The zero-order valence-corrected chi connectivity index (χ0v) is 9.73. The normalized spacial score (nSPS) is 9.94. The number of hydrogen-bond acceptors (Lipinski definition) is 5. The van der Waals surface area contributed by atoms with Crippen LogP contribution >= 0.6 is 11.6 Å². The second kappa shape index (κ2) is 4.85. The van der Waals surface area contributed by atoms with Crippen LogP contribution in [0.15, 0.2) is 22.7 Å². The predicted octanol–water partition coefficient (Wildman–Crippen LogP) is 2.48. The second-order valence-electron chi connectivity index (χ2n) is 3.25. The Labute approximate surface area is 103 Å². The molecule has 0 fully saturated rings. The first kappa shape index (κ1) is 11.4. The Bertz CT molecular complexity index is 574. The lowest BCUT2D eigenvalue weighted by atomic mass is 10.2. The summed E-state index contributed by atoms with van der Waals surface area (Å²) in [6, 6.07) is 6.98. The van der Waals surface area contributed by atoms with Crippen LogP contribution in [0.4, 0.5) is 0 Å². The third-order valence-corrected chi connectivity index (χ3v) is 2.32. The number of aryl methyl sites for hydroxylation is 1. The van der Waals surface area contributed by atoms with Crippen molar-refractivity contribution in [1.82, 2.24) is 10.1 Å². The van der Waals surface area contributed by atoms with Crippen LogP contribution in [0.2, 0.25) is 5.02 Å². The van der Waals surface area contributed by atoms with Crippen LogP contribution in [-0.2, 0) is 6.61 Å². The van der Waals surface area contributed by atoms with Gasteiger partial charge in [0.15, 0.2) is 12.4 Å². The van der Waals surface area contributed by atoms with E-state index in [0.29, 0.717) is 28.1 Å². The van der Waals surface area contributed by atoms with Crippen molar-refractivity contribution in [2.75, 3.05) is 0 Å². The highest BCUT2D eigenvalue weighted by atomic mass is 35.5. The summed E-state index contributed by atoms with van der Waals surface area (Å²) in [5.41, 5.74) is 0.297. The van der Waals surface area contributed by atoms with Crippen LogP contribution < -0.4 is 4.74 Å². The predicted molar refractivity (Wildman–Crippen MR) is 59.5 cm³/mol. The highest BCUT2D eigenvalue weighted by Crippen LogP contribution is 2.25. The van der Waals surface area contributed by atoms with Gasteiger partial charge in [-0.2, -0.15) is 10.2 Å². The molecule has 1 heterocycles. The van der Waals surface area contributed by atoms with Gasteiger partial charge in [0.05, 0.1) is 5.02 Å². The van der Waals surface area contributed by atoms with E-state index in [-0.39, 0.29) is 6.61 Å². The first-order chi connectivity index (χ1) is 8.20. The van der Waals surface area contributed by atoms with Crippen molar-refractivity contribution in [2.24, 2.45) is 0 Å². The minimum Gasteiger partial charge on any atom is -0.482 e. The number of rotatable bonds is 3. The lowest BCUT2D eigenvalue weighted by molar-refractivity contribution is 0.242. The number of nitriles is 1. The fraction of sp³-hybridized carbons (Fsp3) is 0.182. The van der Waals surface area contributed by atoms with Crippen molar-refractivity contribution in [1.29, 1.82) is 5.26 Å². The molecular weight excluding hydrogens is 242 g/mol. The lowest BCUT2D eigenvalue weighted by Gasteiger charge is -2.05. The molecule has 0 radical (unpaired) electrons. The van der Waals surface area contributed by atoms with E-state index in [1.54, 1.807) is 25.1 Å². The summed E-state index contributed by atoms with van der Waals surface area (Å²) >= 11 is 5.86. The number of aromatic nitrogens is 2. The largest absolute Gasteiger partial charge is 0.482 e. The van der Waals surface area contributed by atoms with E-state index in [0.717, 1.165) is 0 Å². The van der Waals surface area contributed by atoms with E-state index in [9.17, 15) is 0 Å². The van der Waals surface area contributed by atoms with Crippen LogP contribution in [0.3, 0.4) is 0 Å². The van der Waals surface area contributed by atoms with Crippen LogP contribution in [0.5, 0.6) is 5.75 Å². The van der Waals surface area contributed by atoms with Crippen molar-refractivity contribution in [2.45, 2.75) is 13.5 Å². The molecule has 1 aromatic heterocycles. The highest BCUT2D eigenvalue weighted by Gasteiger charge is 2.09. The second-order valence-corrected chi connectivity index (χ2v) is 3.66. The molecule has 6 heteroatoms. The molecule has 0 saturated carbocycles. The molecule has 5 nitrogen and oxygen atoms in total. The zero-order valence-electron chi connectivity index (χ0n) is 8.98. The molecule has 17 heavy (non-hydrogen) atoms. The Kier molecular flexibility index (Phi) is 3.26. The van der Waals surface area contributed by atoms with Crippen molar-refractivity contribution in [3.63, 3.8) is 0 Å². The first-order valence-corrected chi connectivity index (χ1v) is 5.19. The van der Waals surface area contributed by atoms with Crippen molar-refractivity contribution < 1.29 is 9.26 Å². The Morgan fingerprint density at radius 2 is 2.35 bits per heavy atom. The minimum atomic E-state index is 0.107. The Morgan fingerprint density at radius 1 is 1.53 bits per heavy atom. The summed E-state index contributed by atoms with van der Waals surface area (Å²) in [5, 5.41) is 12.9. The number of ether oxygens (including phenoxy) is 1. The molecule has 2 rings (SSSR count). The maximum absolute atomic E-state index is 8.93. The highest BCUT2D eigenvalue weighted by molar-refractivity contribution is 6.31. The molecule has 1 aromatic carbocycles. The molecule has 0 spiro atoms. The van der Waals surface area contributed by atoms with Crippen molar-refractivity contribution >= 4 is 11.6 Å². The van der Waals surface area contributed by atoms with Gasteiger partial charge in [0.1, 0.15) is 17.4 Å². The van der Waals surface area contributed by atoms with Crippen LogP contribution in [-0.4, -0.2) is 10.1 Å². The maximum atomic E-state index is 8.93. The molecule has 86 valence electrons. The molecule has 0 aliphatic rings. The number of halogens is 1. The molecule has 0 atom stereocenters. The van der Waals surface area contributed by atoms with Crippen molar-refractivity contribution in [3.05, 3.63) is 40.5 Å². The Hall–Kier alpha value is -2.06. The van der Waals surface area contributed by atoms with Gasteiger partial charge in [0.25, 0.3) is 5.89 Å². The summed E-state index contributed by atoms with van der Waals surface area (Å²) in [6.45, 7) is 1.82. The average Bonchev–Trinajstić information content (AvgIpc) is 2.72. The molecule has 2 aromatic rings. The molecule has 0 aliphatic heterocycles. The van der Waals surface area contributed by atoms with Gasteiger partial charge in [-0.05, 0) is 19.1 Å². The molecule has 0 N–H and O–H groups in total. The zero-order chi connectivity index (χ0) is 12.3. The van der Waals surface area contributed by atoms with E-state index < -0.39 is 0 Å². The van der Waals surface area contributed by atoms with Gasteiger partial charge < -0.3 is 9.26 Å². The van der Waals surface area contributed by atoms with Gasteiger partial charge >= 0.3 is 0 Å². The molecule has 0 bridgehead atoms. The van der Waals surface area contributed by atoms with E-state index in [4.69, 9.17) is 26.1 Å². The third kappa shape index (κ3) is 2.55. The van der Waals surface area contributed by atoms with Crippen LogP contribution in [0.25, 0.3) is 0 Å². The van der Waals surface area contributed by atoms with E-state index >= 15 is 0 Å². The van der Waals surface area contributed by atoms with E-state index in [1.807, 2.05) is 6.07 Å². The summed E-state index contributed by atoms with van der Waals surface area (Å²) in [5.74, 6) is 1.29. The Balaban J connectivity index is 2.14. The fourth-order valence-corrected chi connectivity index (χ4v) is 1.48. The summed E-state index contributed by atoms with van der Waals surface area (Å²) in [6.07, 6.45) is 0. The Morgan fingerprint density at radius 3 is 3.00 bits per heavy atom. The average molecular weight is 250 g/mol. The number of benzene rings is 1. The fourth-order valence-electron chi connectivity index (χ4n) is 1.27. The standard InChI is InChI=1S/C11H8ClN3O2/c1-7-14-11(17-15-7)6-16-10-4-2-3-9(12)8(10)5-13/h2-4H,6H2,1H3. The lowest BCUT2D eigenvalue weighted by Crippen LogP contribution is -1.98. The summed E-state index contributed by atoms with van der Waals surface area (Å²) in [4.78, 5) is 3.98. The molecule has 0 aliphatic carbocycles. The van der Waals surface area contributed by atoms with Gasteiger partial charge in [-0.3, -0.25) is 0 Å². The molecular formula is C11H8ClN3O2. The summed E-state index contributed by atoms with van der Waals surface area (Å²) in [7, 11) is 0. The van der Waals surface area contributed by atoms with E-state index in [1.165, 1.54) is 0 Å². The van der Waals surface area contributed by atoms with Gasteiger partial charge in [-0.15, -0.1) is 0 Å². The SMILES string of the molecule is Cc1noc(COc2cccc(Cl)c2C#N)n1. The number of nitrogens with zero attached hydrogens (tertiary/aromatic N) is 3. The smallest absolute Gasteiger partial charge is 0.264 e. The number of hydrogen-bond donors (Lipinski definition) is 0. The third-order valence-electron chi connectivity index (χ3n) is 2.01. The van der Waals surface area contributed by atoms with Gasteiger partial charge in [0, 0.05) is 0 Å². The first-order valence-electron chi connectivity index (χ1n) is 4.81. The van der Waals surface area contributed by atoms with Gasteiger partial charge in [0.2, 0.25) is 0 Å². The quantitative estimate of drug-likeness (QED) is 0.836. The van der Waals surface area contributed by atoms with Crippen molar-refractivity contribution in [3.8, 4) is 11.8 Å².